The highest BCUT2D eigenvalue weighted by molar-refractivity contribution is 5.09. The first kappa shape index (κ1) is 8.04. The van der Waals surface area contributed by atoms with Gasteiger partial charge in [0.1, 0.15) is 5.82 Å². The van der Waals surface area contributed by atoms with Gasteiger partial charge in [-0.2, -0.15) is 5.10 Å². The maximum atomic E-state index is 4.23. The second-order valence-corrected chi connectivity index (χ2v) is 3.06. The van der Waals surface area contributed by atoms with E-state index in [0.717, 1.165) is 24.5 Å². The zero-order valence-electron chi connectivity index (χ0n) is 7.54. The SMILES string of the molecule is Cc1nc(CCc2cc[nH]c2)n[nH]1. The van der Waals surface area contributed by atoms with Gasteiger partial charge in [0.25, 0.3) is 0 Å². The smallest absolute Gasteiger partial charge is 0.151 e. The van der Waals surface area contributed by atoms with E-state index >= 15 is 0 Å². The molecule has 0 bridgehead atoms. The van der Waals surface area contributed by atoms with Crippen molar-refractivity contribution in [2.45, 2.75) is 19.8 Å². The number of nitrogens with zero attached hydrogens (tertiary/aromatic N) is 2. The molecule has 2 rings (SSSR count). The lowest BCUT2D eigenvalue weighted by Crippen LogP contribution is -1.92. The third-order valence-electron chi connectivity index (χ3n) is 1.94. The summed E-state index contributed by atoms with van der Waals surface area (Å²) in [6.07, 6.45) is 5.81. The lowest BCUT2D eigenvalue weighted by molar-refractivity contribution is 0.866. The van der Waals surface area contributed by atoms with Crippen LogP contribution in [0, 0.1) is 6.92 Å². The molecule has 2 heterocycles. The maximum absolute atomic E-state index is 4.23. The Morgan fingerprint density at radius 1 is 1.38 bits per heavy atom. The van der Waals surface area contributed by atoms with Crippen molar-refractivity contribution in [3.05, 3.63) is 35.7 Å². The number of nitrogens with one attached hydrogen (secondary N) is 2. The van der Waals surface area contributed by atoms with E-state index in [4.69, 9.17) is 0 Å². The van der Waals surface area contributed by atoms with Crippen molar-refractivity contribution in [3.8, 4) is 0 Å². The minimum absolute atomic E-state index is 0.879. The van der Waals surface area contributed by atoms with Gasteiger partial charge in [-0.05, 0) is 25.0 Å². The van der Waals surface area contributed by atoms with Crippen LogP contribution in [0.5, 0.6) is 0 Å². The van der Waals surface area contributed by atoms with E-state index in [0.29, 0.717) is 0 Å². The average Bonchev–Trinajstić information content (AvgIpc) is 2.71. The van der Waals surface area contributed by atoms with Gasteiger partial charge >= 0.3 is 0 Å². The highest BCUT2D eigenvalue weighted by Gasteiger charge is 2.00. The molecule has 0 aliphatic rings. The quantitative estimate of drug-likeness (QED) is 0.738. The Labute approximate surface area is 76.4 Å². The molecule has 0 aliphatic carbocycles. The largest absolute Gasteiger partial charge is 0.367 e. The molecule has 4 heteroatoms. The fourth-order valence-corrected chi connectivity index (χ4v) is 1.27. The molecule has 0 radical (unpaired) electrons. The Morgan fingerprint density at radius 2 is 2.31 bits per heavy atom. The van der Waals surface area contributed by atoms with Gasteiger partial charge in [-0.25, -0.2) is 4.98 Å². The molecule has 0 aliphatic heterocycles. The van der Waals surface area contributed by atoms with Gasteiger partial charge in [-0.15, -0.1) is 0 Å². The lowest BCUT2D eigenvalue weighted by atomic mass is 10.2. The molecule has 0 aromatic carbocycles. The number of aromatic amines is 2. The summed E-state index contributed by atoms with van der Waals surface area (Å²) in [5.74, 6) is 1.77. The Hall–Kier alpha value is -1.58. The predicted molar refractivity (Wildman–Crippen MR) is 49.3 cm³/mol. The van der Waals surface area contributed by atoms with Crippen LogP contribution in [0.3, 0.4) is 0 Å². The average molecular weight is 176 g/mol. The molecule has 0 saturated heterocycles. The van der Waals surface area contributed by atoms with Gasteiger partial charge < -0.3 is 4.98 Å². The molecule has 2 N–H and O–H groups in total. The van der Waals surface area contributed by atoms with Crippen LogP contribution < -0.4 is 0 Å². The van der Waals surface area contributed by atoms with Gasteiger partial charge in [-0.3, -0.25) is 5.10 Å². The van der Waals surface area contributed by atoms with Crippen LogP contribution in [0.1, 0.15) is 17.2 Å². The number of aryl methyl sites for hydroxylation is 3. The fraction of sp³-hybridized carbons (Fsp3) is 0.333. The summed E-state index contributed by atoms with van der Waals surface area (Å²) in [5, 5.41) is 6.90. The van der Waals surface area contributed by atoms with Gasteiger partial charge in [0.05, 0.1) is 0 Å². The number of rotatable bonds is 3. The molecule has 2 aromatic rings. The normalized spacial score (nSPS) is 10.5. The van der Waals surface area contributed by atoms with Crippen molar-refractivity contribution in [2.24, 2.45) is 0 Å². The summed E-state index contributed by atoms with van der Waals surface area (Å²) in [6.45, 7) is 1.91. The Bertz CT molecular complexity index is 361. The second-order valence-electron chi connectivity index (χ2n) is 3.06. The summed E-state index contributed by atoms with van der Waals surface area (Å²) in [4.78, 5) is 7.26. The van der Waals surface area contributed by atoms with Crippen molar-refractivity contribution in [3.63, 3.8) is 0 Å². The zero-order chi connectivity index (χ0) is 9.10. The van der Waals surface area contributed by atoms with E-state index in [1.54, 1.807) is 0 Å². The minimum atomic E-state index is 0.879. The first-order valence-corrected chi connectivity index (χ1v) is 4.34. The molecule has 2 aromatic heterocycles. The molecular formula is C9H12N4. The van der Waals surface area contributed by atoms with Gasteiger partial charge in [0, 0.05) is 18.8 Å². The van der Waals surface area contributed by atoms with Gasteiger partial charge in [0.2, 0.25) is 0 Å². The molecule has 0 fully saturated rings. The fourth-order valence-electron chi connectivity index (χ4n) is 1.27. The summed E-state index contributed by atoms with van der Waals surface area (Å²) in [6, 6.07) is 2.07. The van der Waals surface area contributed by atoms with Crippen molar-refractivity contribution >= 4 is 0 Å². The molecule has 0 spiro atoms. The number of hydrogen-bond acceptors (Lipinski definition) is 2. The second kappa shape index (κ2) is 3.43. The Balaban J connectivity index is 1.93. The van der Waals surface area contributed by atoms with Crippen LogP contribution >= 0.6 is 0 Å². The maximum Gasteiger partial charge on any atom is 0.151 e. The third-order valence-corrected chi connectivity index (χ3v) is 1.94. The number of H-pyrrole nitrogens is 2. The minimum Gasteiger partial charge on any atom is -0.367 e. The Morgan fingerprint density at radius 3 is 2.92 bits per heavy atom. The molecule has 4 nitrogen and oxygen atoms in total. The van der Waals surface area contributed by atoms with Gasteiger partial charge in [0.15, 0.2) is 5.82 Å². The molecule has 0 amide bonds. The zero-order valence-corrected chi connectivity index (χ0v) is 7.54. The monoisotopic (exact) mass is 176 g/mol. The van der Waals surface area contributed by atoms with Crippen LogP contribution in [0.15, 0.2) is 18.5 Å². The van der Waals surface area contributed by atoms with Crippen LogP contribution in [0.2, 0.25) is 0 Å². The van der Waals surface area contributed by atoms with E-state index in [1.165, 1.54) is 5.56 Å². The highest BCUT2D eigenvalue weighted by Crippen LogP contribution is 2.02. The van der Waals surface area contributed by atoms with Crippen molar-refractivity contribution < 1.29 is 0 Å². The van der Waals surface area contributed by atoms with Crippen molar-refractivity contribution in [2.75, 3.05) is 0 Å². The summed E-state index contributed by atoms with van der Waals surface area (Å²) < 4.78 is 0. The van der Waals surface area contributed by atoms with Crippen molar-refractivity contribution in [1.82, 2.24) is 20.2 Å². The van der Waals surface area contributed by atoms with Crippen LogP contribution in [-0.2, 0) is 12.8 Å². The topological polar surface area (TPSA) is 57.4 Å². The molecular weight excluding hydrogens is 164 g/mol. The standard InChI is InChI=1S/C9H12N4/c1-7-11-9(13-12-7)3-2-8-4-5-10-6-8/h4-6,10H,2-3H2,1H3,(H,11,12,13). The summed E-state index contributed by atoms with van der Waals surface area (Å²) in [5.41, 5.74) is 1.29. The van der Waals surface area contributed by atoms with E-state index in [-0.39, 0.29) is 0 Å². The number of hydrogen-bond donors (Lipinski definition) is 2. The number of aromatic nitrogens is 4. The van der Waals surface area contributed by atoms with E-state index < -0.39 is 0 Å². The van der Waals surface area contributed by atoms with Crippen LogP contribution in [-0.4, -0.2) is 20.2 Å². The highest BCUT2D eigenvalue weighted by atomic mass is 15.2. The first-order chi connectivity index (χ1) is 6.34. The molecule has 0 unspecified atom stereocenters. The van der Waals surface area contributed by atoms with Crippen molar-refractivity contribution in [1.29, 1.82) is 0 Å². The first-order valence-electron chi connectivity index (χ1n) is 4.34. The van der Waals surface area contributed by atoms with Gasteiger partial charge in [-0.1, -0.05) is 0 Å². The van der Waals surface area contributed by atoms with Crippen LogP contribution in [0.25, 0.3) is 0 Å². The molecule has 68 valence electrons. The molecule has 0 atom stereocenters. The molecule has 13 heavy (non-hydrogen) atoms. The third kappa shape index (κ3) is 1.96. The van der Waals surface area contributed by atoms with Crippen LogP contribution in [0.4, 0.5) is 0 Å². The summed E-state index contributed by atoms with van der Waals surface area (Å²) in [7, 11) is 0. The summed E-state index contributed by atoms with van der Waals surface area (Å²) >= 11 is 0. The molecule has 0 saturated carbocycles. The lowest BCUT2D eigenvalue weighted by Gasteiger charge is -1.91. The predicted octanol–water partition coefficient (Wildman–Crippen LogP) is 1.23. The van der Waals surface area contributed by atoms with E-state index in [2.05, 4.69) is 26.2 Å². The van der Waals surface area contributed by atoms with E-state index in [1.807, 2.05) is 19.3 Å². The van der Waals surface area contributed by atoms with E-state index in [9.17, 15) is 0 Å². The Kier molecular flexibility index (Phi) is 2.12.